The standard InChI is InChI=1S/C12H15ClFNO2/c1-8(2)11(15-13)12(16)17-7-9-3-5-10(14)6-4-9/h3-6,8,11,15H,7H2,1-2H3/t11-/m0/s1. The van der Waals surface area contributed by atoms with E-state index in [1.165, 1.54) is 12.1 Å². The lowest BCUT2D eigenvalue weighted by Crippen LogP contribution is -2.37. The maximum atomic E-state index is 12.6. The van der Waals surface area contributed by atoms with Crippen LogP contribution in [0.2, 0.25) is 0 Å². The summed E-state index contributed by atoms with van der Waals surface area (Å²) >= 11 is 5.46. The summed E-state index contributed by atoms with van der Waals surface area (Å²) in [5.74, 6) is -0.699. The zero-order valence-corrected chi connectivity index (χ0v) is 10.5. The Bertz CT molecular complexity index is 367. The van der Waals surface area contributed by atoms with Gasteiger partial charge in [-0.2, -0.15) is 0 Å². The van der Waals surface area contributed by atoms with Crippen molar-refractivity contribution in [1.82, 2.24) is 4.84 Å². The molecule has 1 aromatic rings. The number of hydrogen-bond donors (Lipinski definition) is 1. The molecular weight excluding hydrogens is 245 g/mol. The van der Waals surface area contributed by atoms with Gasteiger partial charge in [0.25, 0.3) is 0 Å². The average Bonchev–Trinajstić information content (AvgIpc) is 2.28. The Kier molecular flexibility index (Phi) is 5.38. The highest BCUT2D eigenvalue weighted by Gasteiger charge is 2.22. The third-order valence-electron chi connectivity index (χ3n) is 2.33. The monoisotopic (exact) mass is 259 g/mol. The minimum Gasteiger partial charge on any atom is -0.460 e. The van der Waals surface area contributed by atoms with Crippen LogP contribution in [0.3, 0.4) is 0 Å². The predicted molar refractivity (Wildman–Crippen MR) is 63.8 cm³/mol. The van der Waals surface area contributed by atoms with Crippen LogP contribution in [0.5, 0.6) is 0 Å². The van der Waals surface area contributed by atoms with Crippen LogP contribution in [0, 0.1) is 11.7 Å². The summed E-state index contributed by atoms with van der Waals surface area (Å²) in [4.78, 5) is 14.0. The summed E-state index contributed by atoms with van der Waals surface area (Å²) in [7, 11) is 0. The van der Waals surface area contributed by atoms with Gasteiger partial charge >= 0.3 is 5.97 Å². The minimum absolute atomic E-state index is 0.0354. The van der Waals surface area contributed by atoms with Gasteiger partial charge in [0.2, 0.25) is 0 Å². The number of rotatable bonds is 5. The second kappa shape index (κ2) is 6.57. The number of carbonyl (C=O) groups excluding carboxylic acids is 1. The van der Waals surface area contributed by atoms with Crippen molar-refractivity contribution in [3.8, 4) is 0 Å². The molecule has 0 fully saturated rings. The molecule has 0 saturated carbocycles. The number of nitrogens with one attached hydrogen (secondary N) is 1. The van der Waals surface area contributed by atoms with Crippen molar-refractivity contribution in [1.29, 1.82) is 0 Å². The van der Waals surface area contributed by atoms with Gasteiger partial charge in [0, 0.05) is 0 Å². The molecule has 1 rings (SSSR count). The number of benzene rings is 1. The molecule has 0 saturated heterocycles. The highest BCUT2D eigenvalue weighted by molar-refractivity contribution is 6.14. The van der Waals surface area contributed by atoms with Gasteiger partial charge in [-0.25, -0.2) is 9.23 Å². The molecular formula is C12H15ClFNO2. The fraction of sp³-hybridized carbons (Fsp3) is 0.417. The molecule has 0 aliphatic rings. The molecule has 1 atom stereocenters. The number of halogens is 2. The normalized spacial score (nSPS) is 12.5. The van der Waals surface area contributed by atoms with E-state index in [0.29, 0.717) is 0 Å². The van der Waals surface area contributed by atoms with Gasteiger partial charge in [-0.05, 0) is 35.4 Å². The van der Waals surface area contributed by atoms with Crippen LogP contribution in [0.25, 0.3) is 0 Å². The summed E-state index contributed by atoms with van der Waals surface area (Å²) in [5, 5.41) is 0. The molecule has 0 bridgehead atoms. The first-order valence-corrected chi connectivity index (χ1v) is 5.69. The highest BCUT2D eigenvalue weighted by atomic mass is 35.5. The van der Waals surface area contributed by atoms with E-state index in [2.05, 4.69) is 4.84 Å². The summed E-state index contributed by atoms with van der Waals surface area (Å²) in [5.41, 5.74) is 0.733. The molecule has 0 radical (unpaired) electrons. The summed E-state index contributed by atoms with van der Waals surface area (Å²) in [6, 6.07) is 5.24. The van der Waals surface area contributed by atoms with Crippen molar-refractivity contribution < 1.29 is 13.9 Å². The van der Waals surface area contributed by atoms with Gasteiger partial charge in [0.05, 0.1) is 0 Å². The quantitative estimate of drug-likeness (QED) is 0.653. The van der Waals surface area contributed by atoms with Gasteiger partial charge in [0.15, 0.2) is 0 Å². The number of carbonyl (C=O) groups is 1. The van der Waals surface area contributed by atoms with Gasteiger partial charge in [-0.1, -0.05) is 26.0 Å². The maximum absolute atomic E-state index is 12.6. The van der Waals surface area contributed by atoms with Gasteiger partial charge in [-0.15, -0.1) is 0 Å². The van der Waals surface area contributed by atoms with Crippen molar-refractivity contribution in [2.75, 3.05) is 0 Å². The summed E-state index contributed by atoms with van der Waals surface area (Å²) in [6.45, 7) is 3.83. The topological polar surface area (TPSA) is 38.3 Å². The molecule has 1 N–H and O–H groups in total. The van der Waals surface area contributed by atoms with Crippen molar-refractivity contribution in [3.05, 3.63) is 35.6 Å². The van der Waals surface area contributed by atoms with E-state index >= 15 is 0 Å². The second-order valence-electron chi connectivity index (χ2n) is 4.06. The average molecular weight is 260 g/mol. The Hall–Kier alpha value is -1.13. The Balaban J connectivity index is 2.50. The van der Waals surface area contributed by atoms with E-state index < -0.39 is 12.0 Å². The summed E-state index contributed by atoms with van der Waals surface area (Å²) in [6.07, 6.45) is 0. The second-order valence-corrected chi connectivity index (χ2v) is 4.28. The highest BCUT2D eigenvalue weighted by Crippen LogP contribution is 2.08. The smallest absolute Gasteiger partial charge is 0.324 e. The molecule has 0 unspecified atom stereocenters. The molecule has 0 aliphatic carbocycles. The van der Waals surface area contributed by atoms with E-state index in [-0.39, 0.29) is 18.3 Å². The van der Waals surface area contributed by atoms with E-state index in [1.807, 2.05) is 13.8 Å². The van der Waals surface area contributed by atoms with Gasteiger partial charge in [0.1, 0.15) is 18.5 Å². The molecule has 0 spiro atoms. The van der Waals surface area contributed by atoms with Crippen LogP contribution < -0.4 is 4.84 Å². The lowest BCUT2D eigenvalue weighted by atomic mass is 10.1. The molecule has 0 heterocycles. The first kappa shape index (κ1) is 13.9. The predicted octanol–water partition coefficient (Wildman–Crippen LogP) is 2.64. The Morgan fingerprint density at radius 1 is 1.41 bits per heavy atom. The van der Waals surface area contributed by atoms with E-state index in [4.69, 9.17) is 16.5 Å². The zero-order valence-electron chi connectivity index (χ0n) is 9.74. The molecule has 3 nitrogen and oxygen atoms in total. The van der Waals surface area contributed by atoms with E-state index in [0.717, 1.165) is 5.56 Å². The molecule has 94 valence electrons. The van der Waals surface area contributed by atoms with Crippen LogP contribution in [0.1, 0.15) is 19.4 Å². The number of ether oxygens (including phenoxy) is 1. The Morgan fingerprint density at radius 3 is 2.47 bits per heavy atom. The van der Waals surface area contributed by atoms with Crippen LogP contribution in [0.4, 0.5) is 4.39 Å². The molecule has 1 aromatic carbocycles. The van der Waals surface area contributed by atoms with Crippen LogP contribution in [0.15, 0.2) is 24.3 Å². The Morgan fingerprint density at radius 2 is 2.00 bits per heavy atom. The summed E-state index contributed by atoms with van der Waals surface area (Å²) < 4.78 is 17.7. The SMILES string of the molecule is CC(C)[C@H](NCl)C(=O)OCc1ccc(F)cc1. The number of hydrogen-bond acceptors (Lipinski definition) is 3. The zero-order chi connectivity index (χ0) is 12.8. The molecule has 0 aromatic heterocycles. The molecule has 5 heteroatoms. The molecule has 0 aliphatic heterocycles. The third-order valence-corrected chi connectivity index (χ3v) is 2.57. The van der Waals surface area contributed by atoms with Crippen LogP contribution >= 0.6 is 11.8 Å². The largest absolute Gasteiger partial charge is 0.460 e. The molecule has 0 amide bonds. The molecule has 17 heavy (non-hydrogen) atoms. The van der Waals surface area contributed by atoms with Crippen molar-refractivity contribution in [3.63, 3.8) is 0 Å². The first-order chi connectivity index (χ1) is 8.04. The van der Waals surface area contributed by atoms with Gasteiger partial charge < -0.3 is 4.74 Å². The number of esters is 1. The van der Waals surface area contributed by atoms with Gasteiger partial charge in [-0.3, -0.25) is 4.79 Å². The lowest BCUT2D eigenvalue weighted by molar-refractivity contribution is -0.148. The van der Waals surface area contributed by atoms with Crippen molar-refractivity contribution in [2.45, 2.75) is 26.5 Å². The minimum atomic E-state index is -0.544. The van der Waals surface area contributed by atoms with Crippen molar-refractivity contribution >= 4 is 17.7 Å². The van der Waals surface area contributed by atoms with Crippen molar-refractivity contribution in [2.24, 2.45) is 5.92 Å². The van der Waals surface area contributed by atoms with E-state index in [9.17, 15) is 9.18 Å². The lowest BCUT2D eigenvalue weighted by Gasteiger charge is -2.17. The third kappa shape index (κ3) is 4.32. The van der Waals surface area contributed by atoms with Crippen LogP contribution in [-0.4, -0.2) is 12.0 Å². The maximum Gasteiger partial charge on any atom is 0.324 e. The Labute approximate surface area is 105 Å². The van der Waals surface area contributed by atoms with E-state index in [1.54, 1.807) is 12.1 Å². The fourth-order valence-corrected chi connectivity index (χ4v) is 1.61. The fourth-order valence-electron chi connectivity index (χ4n) is 1.27. The first-order valence-electron chi connectivity index (χ1n) is 5.32. The van der Waals surface area contributed by atoms with Crippen LogP contribution in [-0.2, 0) is 16.1 Å².